The summed E-state index contributed by atoms with van der Waals surface area (Å²) in [7, 11) is 2.85. The van der Waals surface area contributed by atoms with Crippen molar-refractivity contribution in [2.45, 2.75) is 6.92 Å². The van der Waals surface area contributed by atoms with Gasteiger partial charge >= 0.3 is 5.97 Å². The fourth-order valence-corrected chi connectivity index (χ4v) is 2.99. The Morgan fingerprint density at radius 2 is 1.59 bits per heavy atom. The second kappa shape index (κ2) is 8.48. The summed E-state index contributed by atoms with van der Waals surface area (Å²) < 4.78 is 10.3. The molecular weight excluding hydrogens is 370 g/mol. The number of methoxy groups -OCH3 is 2. The first-order valence-electron chi connectivity index (χ1n) is 8.90. The third kappa shape index (κ3) is 4.38. The van der Waals surface area contributed by atoms with Gasteiger partial charge in [0.05, 0.1) is 25.5 Å². The van der Waals surface area contributed by atoms with E-state index in [2.05, 4.69) is 5.32 Å². The lowest BCUT2D eigenvalue weighted by atomic mass is 10.0. The normalized spacial score (nSPS) is 11.2. The summed E-state index contributed by atoms with van der Waals surface area (Å²) in [6.07, 6.45) is 1.75. The van der Waals surface area contributed by atoms with Crippen LogP contribution < -0.4 is 14.8 Å². The van der Waals surface area contributed by atoms with Crippen molar-refractivity contribution >= 4 is 34.4 Å². The SMILES string of the molecule is COc1cc(NC(=O)C(C)=Cc2ccc3ccccc3c2)c(C(=O)O)cc1OC. The van der Waals surface area contributed by atoms with Gasteiger partial charge in [0.25, 0.3) is 5.91 Å². The number of hydrogen-bond donors (Lipinski definition) is 2. The van der Waals surface area contributed by atoms with Crippen LogP contribution in [0.3, 0.4) is 0 Å². The lowest BCUT2D eigenvalue weighted by Crippen LogP contribution is -2.16. The summed E-state index contributed by atoms with van der Waals surface area (Å²) in [6, 6.07) is 16.6. The number of benzene rings is 3. The molecule has 0 radical (unpaired) electrons. The molecule has 0 atom stereocenters. The van der Waals surface area contributed by atoms with E-state index in [0.29, 0.717) is 11.3 Å². The van der Waals surface area contributed by atoms with Crippen LogP contribution >= 0.6 is 0 Å². The molecule has 0 saturated heterocycles. The number of rotatable bonds is 6. The zero-order chi connectivity index (χ0) is 21.0. The number of amides is 1. The van der Waals surface area contributed by atoms with Gasteiger partial charge in [0.2, 0.25) is 0 Å². The van der Waals surface area contributed by atoms with E-state index in [1.165, 1.54) is 26.4 Å². The first kappa shape index (κ1) is 19.9. The van der Waals surface area contributed by atoms with Crippen LogP contribution in [0.2, 0.25) is 0 Å². The van der Waals surface area contributed by atoms with Crippen LogP contribution in [0.25, 0.3) is 16.8 Å². The Balaban J connectivity index is 1.90. The number of carbonyl (C=O) groups excluding carboxylic acids is 1. The number of carboxylic acids is 1. The Morgan fingerprint density at radius 3 is 2.24 bits per heavy atom. The number of ether oxygens (including phenoxy) is 2. The lowest BCUT2D eigenvalue weighted by Gasteiger charge is -2.14. The first-order valence-corrected chi connectivity index (χ1v) is 8.90. The van der Waals surface area contributed by atoms with E-state index in [4.69, 9.17) is 9.47 Å². The zero-order valence-corrected chi connectivity index (χ0v) is 16.4. The van der Waals surface area contributed by atoms with E-state index in [1.54, 1.807) is 13.0 Å². The Labute approximate surface area is 168 Å². The maximum absolute atomic E-state index is 12.7. The van der Waals surface area contributed by atoms with Crippen molar-refractivity contribution in [3.05, 3.63) is 71.3 Å². The summed E-state index contributed by atoms with van der Waals surface area (Å²) in [4.78, 5) is 24.3. The van der Waals surface area contributed by atoms with E-state index in [-0.39, 0.29) is 17.0 Å². The van der Waals surface area contributed by atoms with Crippen molar-refractivity contribution < 1.29 is 24.2 Å². The molecule has 0 aromatic heterocycles. The van der Waals surface area contributed by atoms with Crippen LogP contribution in [-0.2, 0) is 4.79 Å². The number of hydrogen-bond acceptors (Lipinski definition) is 4. The van der Waals surface area contributed by atoms with Crippen LogP contribution in [0.1, 0.15) is 22.8 Å². The Bertz CT molecular complexity index is 1120. The van der Waals surface area contributed by atoms with Gasteiger partial charge in [0, 0.05) is 17.7 Å². The molecule has 0 bridgehead atoms. The Kier molecular flexibility index (Phi) is 5.83. The highest BCUT2D eigenvalue weighted by Gasteiger charge is 2.18. The molecule has 0 spiro atoms. The third-order valence-electron chi connectivity index (χ3n) is 4.52. The molecule has 148 valence electrons. The molecule has 29 heavy (non-hydrogen) atoms. The summed E-state index contributed by atoms with van der Waals surface area (Å²) in [5.41, 5.74) is 1.36. The quantitative estimate of drug-likeness (QED) is 0.600. The van der Waals surface area contributed by atoms with Crippen LogP contribution in [0.4, 0.5) is 5.69 Å². The second-order valence-corrected chi connectivity index (χ2v) is 6.45. The van der Waals surface area contributed by atoms with Crippen LogP contribution in [0.5, 0.6) is 11.5 Å². The fraction of sp³-hybridized carbons (Fsp3) is 0.130. The van der Waals surface area contributed by atoms with Crippen molar-refractivity contribution in [1.82, 2.24) is 0 Å². The molecule has 0 saturated carbocycles. The van der Waals surface area contributed by atoms with Gasteiger partial charge in [-0.3, -0.25) is 4.79 Å². The van der Waals surface area contributed by atoms with Crippen LogP contribution in [0, 0.1) is 0 Å². The lowest BCUT2D eigenvalue weighted by molar-refractivity contribution is -0.112. The van der Waals surface area contributed by atoms with Crippen molar-refractivity contribution in [2.75, 3.05) is 19.5 Å². The summed E-state index contributed by atoms with van der Waals surface area (Å²) >= 11 is 0. The molecule has 0 aliphatic carbocycles. The van der Waals surface area contributed by atoms with Crippen molar-refractivity contribution in [2.24, 2.45) is 0 Å². The number of aromatic carboxylic acids is 1. The van der Waals surface area contributed by atoms with Gasteiger partial charge in [0.1, 0.15) is 0 Å². The van der Waals surface area contributed by atoms with Gasteiger partial charge in [-0.05, 0) is 35.4 Å². The van der Waals surface area contributed by atoms with Gasteiger partial charge in [-0.25, -0.2) is 4.79 Å². The zero-order valence-electron chi connectivity index (χ0n) is 16.4. The minimum Gasteiger partial charge on any atom is -0.493 e. The molecule has 3 rings (SSSR count). The van der Waals surface area contributed by atoms with Gasteiger partial charge in [-0.15, -0.1) is 0 Å². The molecule has 3 aromatic rings. The average Bonchev–Trinajstić information content (AvgIpc) is 2.72. The number of carboxylic acid groups (broad SMARTS) is 1. The molecule has 6 heteroatoms. The van der Waals surface area contributed by atoms with E-state index in [1.807, 2.05) is 42.5 Å². The maximum Gasteiger partial charge on any atom is 0.337 e. The number of nitrogens with one attached hydrogen (secondary N) is 1. The van der Waals surface area contributed by atoms with Gasteiger partial charge < -0.3 is 19.9 Å². The summed E-state index contributed by atoms with van der Waals surface area (Å²) in [6.45, 7) is 1.67. The largest absolute Gasteiger partial charge is 0.493 e. The Hall–Kier alpha value is -3.80. The smallest absolute Gasteiger partial charge is 0.337 e. The monoisotopic (exact) mass is 391 g/mol. The number of carbonyl (C=O) groups is 2. The van der Waals surface area contributed by atoms with Crippen molar-refractivity contribution in [3.8, 4) is 11.5 Å². The standard InChI is InChI=1S/C23H21NO5/c1-14(10-15-8-9-16-6-4-5-7-17(16)11-15)22(25)24-19-13-21(29-3)20(28-2)12-18(19)23(26)27/h4-13H,1-3H3,(H,24,25)(H,26,27). The average molecular weight is 391 g/mol. The highest BCUT2D eigenvalue weighted by molar-refractivity contribution is 6.09. The molecule has 0 unspecified atom stereocenters. The predicted molar refractivity (Wildman–Crippen MR) is 113 cm³/mol. The Morgan fingerprint density at radius 1 is 0.931 bits per heavy atom. The van der Waals surface area contributed by atoms with Gasteiger partial charge in [-0.2, -0.15) is 0 Å². The number of anilines is 1. The van der Waals surface area contributed by atoms with Crippen molar-refractivity contribution in [3.63, 3.8) is 0 Å². The molecule has 2 N–H and O–H groups in total. The second-order valence-electron chi connectivity index (χ2n) is 6.45. The summed E-state index contributed by atoms with van der Waals surface area (Å²) in [5, 5.41) is 14.3. The van der Waals surface area contributed by atoms with E-state index >= 15 is 0 Å². The van der Waals surface area contributed by atoms with Crippen molar-refractivity contribution in [1.29, 1.82) is 0 Å². The molecule has 1 amide bonds. The van der Waals surface area contributed by atoms with E-state index in [9.17, 15) is 14.7 Å². The molecule has 0 fully saturated rings. The van der Waals surface area contributed by atoms with Gasteiger partial charge in [0.15, 0.2) is 11.5 Å². The molecular formula is C23H21NO5. The highest BCUT2D eigenvalue weighted by Crippen LogP contribution is 2.33. The fourth-order valence-electron chi connectivity index (χ4n) is 2.99. The number of fused-ring (bicyclic) bond motifs is 1. The third-order valence-corrected chi connectivity index (χ3v) is 4.52. The molecule has 0 aliphatic rings. The minimum atomic E-state index is -1.18. The summed E-state index contributed by atoms with van der Waals surface area (Å²) in [5.74, 6) is -0.999. The molecule has 0 heterocycles. The van der Waals surface area contributed by atoms with Crippen LogP contribution in [-0.4, -0.2) is 31.2 Å². The molecule has 6 nitrogen and oxygen atoms in total. The first-order chi connectivity index (χ1) is 13.9. The molecule has 0 aliphatic heterocycles. The van der Waals surface area contributed by atoms with Gasteiger partial charge in [-0.1, -0.05) is 36.4 Å². The predicted octanol–water partition coefficient (Wildman–Crippen LogP) is 4.60. The van der Waals surface area contributed by atoms with Crippen LogP contribution in [0.15, 0.2) is 60.2 Å². The maximum atomic E-state index is 12.7. The minimum absolute atomic E-state index is 0.0884. The van der Waals surface area contributed by atoms with E-state index < -0.39 is 11.9 Å². The highest BCUT2D eigenvalue weighted by atomic mass is 16.5. The molecule has 3 aromatic carbocycles. The topological polar surface area (TPSA) is 84.9 Å². The van der Waals surface area contributed by atoms with E-state index in [0.717, 1.165) is 16.3 Å².